The Bertz CT molecular complexity index is 446. The number of Topliss-reactive ketones (excluding diaryl/α,β-unsaturated/α-hetero) is 1. The molecule has 0 aromatic carbocycles. The first-order valence-electron chi connectivity index (χ1n) is 11.1. The van der Waals surface area contributed by atoms with Gasteiger partial charge in [0.15, 0.2) is 0 Å². The molecule has 0 radical (unpaired) electrons. The summed E-state index contributed by atoms with van der Waals surface area (Å²) in [5, 5.41) is 0. The van der Waals surface area contributed by atoms with Gasteiger partial charge in [-0.25, -0.2) is 0 Å². The number of ether oxygens (including phenoxy) is 2. The molecule has 0 spiro atoms. The van der Waals surface area contributed by atoms with E-state index in [1.165, 1.54) is 14.0 Å². The van der Waals surface area contributed by atoms with Crippen molar-refractivity contribution in [2.24, 2.45) is 11.8 Å². The van der Waals surface area contributed by atoms with E-state index in [2.05, 4.69) is 6.92 Å². The predicted molar refractivity (Wildman–Crippen MR) is 112 cm³/mol. The lowest BCUT2D eigenvalue weighted by Crippen LogP contribution is -2.18. The Hall–Kier alpha value is -1.39. The van der Waals surface area contributed by atoms with Crippen molar-refractivity contribution in [3.05, 3.63) is 0 Å². The van der Waals surface area contributed by atoms with Crippen LogP contribution in [0.3, 0.4) is 0 Å². The minimum absolute atomic E-state index is 0.0172. The standard InChI is InChI=1S/C23H42O5/c1-6-7-9-16-22(28-20(4)25)17-12-15-21(19(3)24)14-11-8-10-13-18(2)23(26)27-5/h18,21-22H,6-17H2,1-5H3. The molecule has 0 fully saturated rings. The zero-order valence-corrected chi connectivity index (χ0v) is 18.8. The third-order valence-corrected chi connectivity index (χ3v) is 5.41. The molecule has 0 bridgehead atoms. The molecule has 0 rings (SSSR count). The summed E-state index contributed by atoms with van der Waals surface area (Å²) in [5.41, 5.74) is 0. The Morgan fingerprint density at radius 2 is 1.36 bits per heavy atom. The number of ketones is 1. The quantitative estimate of drug-likeness (QED) is 0.234. The van der Waals surface area contributed by atoms with Crippen LogP contribution in [0, 0.1) is 11.8 Å². The molecule has 0 aromatic rings. The molecular weight excluding hydrogens is 356 g/mol. The molecular formula is C23H42O5. The lowest BCUT2D eigenvalue weighted by molar-refractivity contribution is -0.147. The smallest absolute Gasteiger partial charge is 0.308 e. The maximum atomic E-state index is 12.0. The van der Waals surface area contributed by atoms with Gasteiger partial charge in [-0.05, 0) is 51.9 Å². The van der Waals surface area contributed by atoms with Gasteiger partial charge in [0.05, 0.1) is 13.0 Å². The zero-order chi connectivity index (χ0) is 21.4. The fourth-order valence-corrected chi connectivity index (χ4v) is 3.60. The van der Waals surface area contributed by atoms with Gasteiger partial charge in [0.2, 0.25) is 0 Å². The Balaban J connectivity index is 4.16. The summed E-state index contributed by atoms with van der Waals surface area (Å²) in [6.45, 7) is 7.19. The van der Waals surface area contributed by atoms with Crippen LogP contribution in [-0.2, 0) is 23.9 Å². The van der Waals surface area contributed by atoms with Crippen LogP contribution in [0.1, 0.15) is 105 Å². The van der Waals surface area contributed by atoms with Crippen molar-refractivity contribution in [2.45, 2.75) is 111 Å². The average molecular weight is 399 g/mol. The van der Waals surface area contributed by atoms with Gasteiger partial charge in [0, 0.05) is 12.8 Å². The lowest BCUT2D eigenvalue weighted by atomic mass is 9.90. The normalized spacial score (nSPS) is 14.2. The maximum absolute atomic E-state index is 12.0. The van der Waals surface area contributed by atoms with Gasteiger partial charge in [0.25, 0.3) is 0 Å². The van der Waals surface area contributed by atoms with Crippen molar-refractivity contribution in [3.63, 3.8) is 0 Å². The fourth-order valence-electron chi connectivity index (χ4n) is 3.60. The highest BCUT2D eigenvalue weighted by atomic mass is 16.5. The van der Waals surface area contributed by atoms with Crippen LogP contribution in [0.4, 0.5) is 0 Å². The number of methoxy groups -OCH3 is 1. The summed E-state index contributed by atoms with van der Waals surface area (Å²) >= 11 is 0. The summed E-state index contributed by atoms with van der Waals surface area (Å²) in [6.07, 6.45) is 11.6. The zero-order valence-electron chi connectivity index (χ0n) is 18.8. The summed E-state index contributed by atoms with van der Waals surface area (Å²) in [7, 11) is 1.42. The molecule has 0 aromatic heterocycles. The minimum atomic E-state index is -0.217. The summed E-state index contributed by atoms with van der Waals surface area (Å²) in [5.74, 6) is -0.0854. The van der Waals surface area contributed by atoms with Crippen LogP contribution in [0.5, 0.6) is 0 Å². The Labute approximate surface area is 171 Å². The van der Waals surface area contributed by atoms with Crippen LogP contribution in [0.25, 0.3) is 0 Å². The Kier molecular flexibility index (Phi) is 15.7. The molecule has 5 nitrogen and oxygen atoms in total. The molecule has 0 aliphatic rings. The van der Waals surface area contributed by atoms with Crippen LogP contribution in [-0.4, -0.2) is 30.9 Å². The van der Waals surface area contributed by atoms with Gasteiger partial charge in [-0.2, -0.15) is 0 Å². The highest BCUT2D eigenvalue weighted by molar-refractivity contribution is 5.78. The average Bonchev–Trinajstić information content (AvgIpc) is 2.64. The highest BCUT2D eigenvalue weighted by Crippen LogP contribution is 2.22. The van der Waals surface area contributed by atoms with E-state index in [1.54, 1.807) is 6.92 Å². The molecule has 0 saturated heterocycles. The highest BCUT2D eigenvalue weighted by Gasteiger charge is 2.17. The van der Waals surface area contributed by atoms with Crippen molar-refractivity contribution >= 4 is 17.7 Å². The van der Waals surface area contributed by atoms with E-state index in [4.69, 9.17) is 9.47 Å². The third-order valence-electron chi connectivity index (χ3n) is 5.41. The topological polar surface area (TPSA) is 69.7 Å². The molecule has 0 saturated carbocycles. The van der Waals surface area contributed by atoms with Crippen molar-refractivity contribution in [3.8, 4) is 0 Å². The molecule has 164 valence electrons. The van der Waals surface area contributed by atoms with Gasteiger partial charge in [-0.3, -0.25) is 14.4 Å². The van der Waals surface area contributed by atoms with E-state index < -0.39 is 0 Å². The van der Waals surface area contributed by atoms with E-state index in [9.17, 15) is 14.4 Å². The van der Waals surface area contributed by atoms with Crippen LogP contribution < -0.4 is 0 Å². The van der Waals surface area contributed by atoms with E-state index >= 15 is 0 Å². The second-order valence-corrected chi connectivity index (χ2v) is 8.03. The van der Waals surface area contributed by atoms with E-state index in [1.807, 2.05) is 6.92 Å². The number of hydrogen-bond donors (Lipinski definition) is 0. The monoisotopic (exact) mass is 398 g/mol. The molecule has 0 aliphatic carbocycles. The van der Waals surface area contributed by atoms with Crippen molar-refractivity contribution in [1.29, 1.82) is 0 Å². The SMILES string of the molecule is CCCCCC(CCCC(CCCCCC(C)C(=O)OC)C(C)=O)OC(C)=O. The molecule has 5 heteroatoms. The second kappa shape index (κ2) is 16.6. The number of esters is 2. The largest absolute Gasteiger partial charge is 0.469 e. The Morgan fingerprint density at radius 1 is 0.786 bits per heavy atom. The number of rotatable bonds is 17. The fraction of sp³-hybridized carbons (Fsp3) is 0.870. The second-order valence-electron chi connectivity index (χ2n) is 8.03. The molecule has 28 heavy (non-hydrogen) atoms. The van der Waals surface area contributed by atoms with Crippen molar-refractivity contribution in [2.75, 3.05) is 7.11 Å². The summed E-state index contributed by atoms with van der Waals surface area (Å²) in [6, 6.07) is 0. The molecule has 0 N–H and O–H groups in total. The first-order valence-corrected chi connectivity index (χ1v) is 11.1. The summed E-state index contributed by atoms with van der Waals surface area (Å²) in [4.78, 5) is 34.7. The number of unbranched alkanes of at least 4 members (excludes halogenated alkanes) is 4. The Morgan fingerprint density at radius 3 is 1.93 bits per heavy atom. The number of carbonyl (C=O) groups is 3. The van der Waals surface area contributed by atoms with E-state index in [0.717, 1.165) is 77.0 Å². The van der Waals surface area contributed by atoms with Gasteiger partial charge < -0.3 is 9.47 Å². The molecule has 0 aliphatic heterocycles. The first-order chi connectivity index (χ1) is 13.3. The van der Waals surface area contributed by atoms with E-state index in [-0.39, 0.29) is 35.7 Å². The molecule has 0 amide bonds. The van der Waals surface area contributed by atoms with Gasteiger partial charge in [-0.1, -0.05) is 46.0 Å². The molecule has 3 unspecified atom stereocenters. The number of hydrogen-bond acceptors (Lipinski definition) is 5. The lowest BCUT2D eigenvalue weighted by Gasteiger charge is -2.19. The summed E-state index contributed by atoms with van der Waals surface area (Å²) < 4.78 is 10.2. The third kappa shape index (κ3) is 13.7. The predicted octanol–water partition coefficient (Wildman–Crippen LogP) is 5.63. The minimum Gasteiger partial charge on any atom is -0.469 e. The van der Waals surface area contributed by atoms with Gasteiger partial charge in [0.1, 0.15) is 11.9 Å². The first kappa shape index (κ1) is 26.6. The molecule has 0 heterocycles. The number of carbonyl (C=O) groups excluding carboxylic acids is 3. The van der Waals surface area contributed by atoms with Gasteiger partial charge >= 0.3 is 11.9 Å². The van der Waals surface area contributed by atoms with E-state index in [0.29, 0.717) is 0 Å². The van der Waals surface area contributed by atoms with Crippen molar-refractivity contribution in [1.82, 2.24) is 0 Å². The van der Waals surface area contributed by atoms with Crippen LogP contribution in [0.15, 0.2) is 0 Å². The van der Waals surface area contributed by atoms with Crippen molar-refractivity contribution < 1.29 is 23.9 Å². The molecule has 3 atom stereocenters. The van der Waals surface area contributed by atoms with Gasteiger partial charge in [-0.15, -0.1) is 0 Å². The maximum Gasteiger partial charge on any atom is 0.308 e. The van der Waals surface area contributed by atoms with Crippen LogP contribution in [0.2, 0.25) is 0 Å². The van der Waals surface area contributed by atoms with Crippen LogP contribution >= 0.6 is 0 Å².